The van der Waals surface area contributed by atoms with E-state index in [0.29, 0.717) is 25.7 Å². The number of aliphatic hydroxyl groups is 3. The zero-order valence-electron chi connectivity index (χ0n) is 31.7. The summed E-state index contributed by atoms with van der Waals surface area (Å²) >= 11 is 0. The second-order valence-corrected chi connectivity index (χ2v) is 14.5. The third kappa shape index (κ3) is 33.1. The van der Waals surface area contributed by atoms with Gasteiger partial charge in [-0.2, -0.15) is 0 Å². The predicted molar refractivity (Wildman–Crippen MR) is 199 cm³/mol. The molecule has 0 radical (unpaired) electrons. The maximum absolute atomic E-state index is 12.2. The third-order valence-electron chi connectivity index (χ3n) is 9.19. The van der Waals surface area contributed by atoms with E-state index in [-0.39, 0.29) is 31.6 Å². The van der Waals surface area contributed by atoms with Crippen LogP contribution in [0.1, 0.15) is 201 Å². The van der Waals surface area contributed by atoms with E-state index in [1.54, 1.807) is 0 Å². The molecule has 0 aromatic heterocycles. The minimum Gasteiger partial charge on any atom is -0.462 e. The van der Waals surface area contributed by atoms with Crippen molar-refractivity contribution in [1.82, 2.24) is 0 Å². The maximum Gasteiger partial charge on any atom is 0.306 e. The Labute approximate surface area is 296 Å². The molecule has 3 atom stereocenters. The van der Waals surface area contributed by atoms with Crippen molar-refractivity contribution in [1.29, 1.82) is 0 Å². The number of esters is 2. The first-order valence-corrected chi connectivity index (χ1v) is 20.3. The molecule has 48 heavy (non-hydrogen) atoms. The molecule has 7 heteroatoms. The molecule has 0 aliphatic rings. The third-order valence-corrected chi connectivity index (χ3v) is 9.19. The molecule has 0 fully saturated rings. The number of aliphatic hydroxyl groups excluding tert-OH is 3. The lowest BCUT2D eigenvalue weighted by Crippen LogP contribution is -2.28. The summed E-state index contributed by atoms with van der Waals surface area (Å²) in [6.45, 7) is 6.31. The quantitative estimate of drug-likeness (QED) is 0.0342. The first kappa shape index (κ1) is 46.6. The lowest BCUT2D eigenvalue weighted by Gasteiger charge is -2.16. The topological polar surface area (TPSA) is 113 Å². The van der Waals surface area contributed by atoms with Crippen LogP contribution in [0.2, 0.25) is 0 Å². The van der Waals surface area contributed by atoms with Crippen molar-refractivity contribution in [2.75, 3.05) is 13.2 Å². The van der Waals surface area contributed by atoms with E-state index < -0.39 is 18.3 Å². The Balaban J connectivity index is 3.64. The van der Waals surface area contributed by atoms with Gasteiger partial charge in [0.25, 0.3) is 0 Å². The molecule has 0 bridgehead atoms. The van der Waals surface area contributed by atoms with E-state index in [1.807, 2.05) is 6.08 Å². The number of carbonyl (C=O) groups excluding carboxylic acids is 2. The van der Waals surface area contributed by atoms with Crippen LogP contribution in [0.4, 0.5) is 0 Å². The zero-order chi connectivity index (χ0) is 35.5. The Bertz CT molecular complexity index is 738. The molecule has 0 aromatic rings. The fourth-order valence-electron chi connectivity index (χ4n) is 5.94. The minimum absolute atomic E-state index is 0.109. The molecule has 0 saturated heterocycles. The molecule has 3 N–H and O–H groups in total. The van der Waals surface area contributed by atoms with Gasteiger partial charge in [-0.3, -0.25) is 9.59 Å². The van der Waals surface area contributed by atoms with Crippen LogP contribution in [0, 0.1) is 5.92 Å². The standard InChI is InChI=1S/C41H78O7/c1-4-5-6-7-20-25-30-38(43)39(44)31-26-21-18-23-28-33-41(46)48-37(34-42)35-47-40(45)32-27-22-17-15-13-11-9-8-10-12-14-16-19-24-29-36(2)3/h20,25,36-39,42-44H,4-19,21-24,26-35H2,1-3H3/b25-20-/t37-,38-,39-/m0/s1. The molecule has 0 rings (SSSR count). The van der Waals surface area contributed by atoms with Crippen molar-refractivity contribution < 1.29 is 34.4 Å². The minimum atomic E-state index is -0.824. The summed E-state index contributed by atoms with van der Waals surface area (Å²) in [7, 11) is 0. The van der Waals surface area contributed by atoms with Crippen LogP contribution in [0.5, 0.6) is 0 Å². The van der Waals surface area contributed by atoms with E-state index in [1.165, 1.54) is 96.3 Å². The largest absolute Gasteiger partial charge is 0.462 e. The molecule has 0 aromatic carbocycles. The van der Waals surface area contributed by atoms with Gasteiger partial charge in [0, 0.05) is 12.8 Å². The SMILES string of the molecule is CCCCC/C=C\C[C@H](O)[C@@H](O)CCCCCCCC(=O)O[C@@H](CO)COC(=O)CCCCCCCCCCCCCCCCC(C)C. The van der Waals surface area contributed by atoms with E-state index in [9.17, 15) is 24.9 Å². The van der Waals surface area contributed by atoms with Crippen LogP contribution < -0.4 is 0 Å². The summed E-state index contributed by atoms with van der Waals surface area (Å²) in [5.41, 5.74) is 0. The summed E-state index contributed by atoms with van der Waals surface area (Å²) < 4.78 is 10.6. The highest BCUT2D eigenvalue weighted by Crippen LogP contribution is 2.16. The van der Waals surface area contributed by atoms with Gasteiger partial charge in [0.2, 0.25) is 0 Å². The van der Waals surface area contributed by atoms with Crippen molar-refractivity contribution >= 4 is 11.9 Å². The molecule has 0 saturated carbocycles. The monoisotopic (exact) mass is 683 g/mol. The first-order valence-electron chi connectivity index (χ1n) is 20.3. The van der Waals surface area contributed by atoms with Crippen LogP contribution in [0.15, 0.2) is 12.2 Å². The molecule has 0 aliphatic carbocycles. The van der Waals surface area contributed by atoms with Gasteiger partial charge in [-0.05, 0) is 44.4 Å². The van der Waals surface area contributed by atoms with E-state index in [2.05, 4.69) is 26.8 Å². The highest BCUT2D eigenvalue weighted by molar-refractivity contribution is 5.70. The Morgan fingerprint density at radius 3 is 1.56 bits per heavy atom. The first-order chi connectivity index (χ1) is 23.3. The van der Waals surface area contributed by atoms with Crippen molar-refractivity contribution in [3.05, 3.63) is 12.2 Å². The lowest BCUT2D eigenvalue weighted by molar-refractivity contribution is -0.161. The summed E-state index contributed by atoms with van der Waals surface area (Å²) in [5.74, 6) is 0.148. The number of rotatable bonds is 36. The van der Waals surface area contributed by atoms with Crippen LogP contribution in [-0.4, -0.2) is 58.8 Å². The summed E-state index contributed by atoms with van der Waals surface area (Å²) in [5, 5.41) is 29.8. The fraction of sp³-hybridized carbons (Fsp3) is 0.902. The Morgan fingerprint density at radius 2 is 1.06 bits per heavy atom. The van der Waals surface area contributed by atoms with Gasteiger partial charge in [0.05, 0.1) is 18.8 Å². The van der Waals surface area contributed by atoms with Gasteiger partial charge in [-0.25, -0.2) is 0 Å². The van der Waals surface area contributed by atoms with Crippen molar-refractivity contribution in [2.24, 2.45) is 5.92 Å². The Kier molecular flexibility index (Phi) is 34.3. The molecule has 0 heterocycles. The molecule has 0 amide bonds. The molecule has 0 unspecified atom stereocenters. The Morgan fingerprint density at radius 1 is 0.583 bits per heavy atom. The van der Waals surface area contributed by atoms with Crippen molar-refractivity contribution in [2.45, 2.75) is 219 Å². The average Bonchev–Trinajstić information content (AvgIpc) is 3.07. The van der Waals surface area contributed by atoms with Crippen molar-refractivity contribution in [3.8, 4) is 0 Å². The highest BCUT2D eigenvalue weighted by atomic mass is 16.6. The van der Waals surface area contributed by atoms with Gasteiger partial charge in [-0.1, -0.05) is 161 Å². The van der Waals surface area contributed by atoms with E-state index in [4.69, 9.17) is 9.47 Å². The number of unbranched alkanes of at least 4 members (excludes halogenated alkanes) is 20. The van der Waals surface area contributed by atoms with Crippen LogP contribution >= 0.6 is 0 Å². The van der Waals surface area contributed by atoms with Crippen LogP contribution in [-0.2, 0) is 19.1 Å². The predicted octanol–water partition coefficient (Wildman–Crippen LogP) is 10.3. The molecule has 284 valence electrons. The smallest absolute Gasteiger partial charge is 0.306 e. The molecule has 7 nitrogen and oxygen atoms in total. The zero-order valence-corrected chi connectivity index (χ0v) is 31.7. The summed E-state index contributed by atoms with van der Waals surface area (Å²) in [4.78, 5) is 24.3. The summed E-state index contributed by atoms with van der Waals surface area (Å²) in [6, 6.07) is 0. The van der Waals surface area contributed by atoms with E-state index >= 15 is 0 Å². The summed E-state index contributed by atoms with van der Waals surface area (Å²) in [6.07, 6.45) is 31.5. The van der Waals surface area contributed by atoms with Crippen LogP contribution in [0.25, 0.3) is 0 Å². The molecule has 0 spiro atoms. The lowest BCUT2D eigenvalue weighted by atomic mass is 10.0. The number of allylic oxidation sites excluding steroid dienone is 1. The van der Waals surface area contributed by atoms with E-state index in [0.717, 1.165) is 57.3 Å². The maximum atomic E-state index is 12.2. The van der Waals surface area contributed by atoms with Gasteiger partial charge < -0.3 is 24.8 Å². The number of hydrogen-bond donors (Lipinski definition) is 3. The van der Waals surface area contributed by atoms with Crippen molar-refractivity contribution in [3.63, 3.8) is 0 Å². The highest BCUT2D eigenvalue weighted by Gasteiger charge is 2.17. The second-order valence-electron chi connectivity index (χ2n) is 14.5. The molecule has 0 aliphatic heterocycles. The van der Waals surface area contributed by atoms with Gasteiger partial charge in [0.1, 0.15) is 6.61 Å². The number of carbonyl (C=O) groups is 2. The number of ether oxygens (including phenoxy) is 2. The average molecular weight is 683 g/mol. The second kappa shape index (κ2) is 35.4. The van der Waals surface area contributed by atoms with Crippen LogP contribution in [0.3, 0.4) is 0 Å². The van der Waals surface area contributed by atoms with Gasteiger partial charge in [-0.15, -0.1) is 0 Å². The molecular formula is C41H78O7. The Hall–Kier alpha value is -1.44. The molecular weight excluding hydrogens is 604 g/mol. The fourth-order valence-corrected chi connectivity index (χ4v) is 5.94. The normalized spacial score (nSPS) is 13.6. The van der Waals surface area contributed by atoms with Gasteiger partial charge in [0.15, 0.2) is 6.10 Å². The van der Waals surface area contributed by atoms with Gasteiger partial charge >= 0.3 is 11.9 Å². The number of hydrogen-bond acceptors (Lipinski definition) is 7.